The van der Waals surface area contributed by atoms with Gasteiger partial charge in [0.25, 0.3) is 0 Å². The molecule has 0 radical (unpaired) electrons. The van der Waals surface area contributed by atoms with E-state index in [2.05, 4.69) is 0 Å². The summed E-state index contributed by atoms with van der Waals surface area (Å²) in [5.74, 6) is -0.447. The summed E-state index contributed by atoms with van der Waals surface area (Å²) in [4.78, 5) is 25.1. The Bertz CT molecular complexity index is 462. The van der Waals surface area contributed by atoms with Crippen LogP contribution < -0.4 is 11.5 Å². The lowest BCUT2D eigenvalue weighted by Gasteiger charge is -2.28. The van der Waals surface area contributed by atoms with Crippen molar-refractivity contribution in [1.82, 2.24) is 4.90 Å². The van der Waals surface area contributed by atoms with Crippen LogP contribution in [0.1, 0.15) is 32.3 Å². The monoisotopic (exact) mass is 291 g/mol. The number of hydrogen-bond acceptors (Lipinski definition) is 3. The fraction of sp³-hybridized carbons (Fsp3) is 0.500. The molecule has 0 spiro atoms. The molecule has 1 unspecified atom stereocenters. The fourth-order valence-corrected chi connectivity index (χ4v) is 2.02. The van der Waals surface area contributed by atoms with Crippen LogP contribution in [0.5, 0.6) is 0 Å². The van der Waals surface area contributed by atoms with Crippen molar-refractivity contribution < 1.29 is 9.59 Å². The lowest BCUT2D eigenvalue weighted by atomic mass is 9.98. The minimum Gasteiger partial charge on any atom is -0.370 e. The molecule has 116 valence electrons. The summed E-state index contributed by atoms with van der Waals surface area (Å²) < 4.78 is 0. The van der Waals surface area contributed by atoms with Crippen molar-refractivity contribution in [1.29, 1.82) is 0 Å². The maximum atomic E-state index is 12.5. The van der Waals surface area contributed by atoms with Crippen LogP contribution >= 0.6 is 0 Å². The molecule has 5 nitrogen and oxygen atoms in total. The van der Waals surface area contributed by atoms with E-state index in [4.69, 9.17) is 11.5 Å². The van der Waals surface area contributed by atoms with Gasteiger partial charge in [-0.2, -0.15) is 0 Å². The van der Waals surface area contributed by atoms with E-state index in [0.29, 0.717) is 13.1 Å². The van der Waals surface area contributed by atoms with Crippen LogP contribution in [0.2, 0.25) is 0 Å². The van der Waals surface area contributed by atoms with Crippen molar-refractivity contribution in [3.05, 3.63) is 35.9 Å². The minimum atomic E-state index is -0.549. The third-order valence-corrected chi connectivity index (χ3v) is 3.70. The van der Waals surface area contributed by atoms with Crippen molar-refractivity contribution in [3.8, 4) is 0 Å². The normalized spacial score (nSPS) is 13.5. The van der Waals surface area contributed by atoms with Gasteiger partial charge in [-0.3, -0.25) is 9.59 Å². The van der Waals surface area contributed by atoms with E-state index < -0.39 is 11.9 Å². The number of carbonyl (C=O) groups is 2. The average Bonchev–Trinajstić information content (AvgIpc) is 2.50. The highest BCUT2D eigenvalue weighted by Gasteiger charge is 2.25. The van der Waals surface area contributed by atoms with Gasteiger partial charge in [0.2, 0.25) is 11.8 Å². The first-order chi connectivity index (χ1) is 9.95. The maximum Gasteiger partial charge on any atom is 0.240 e. The maximum absolute atomic E-state index is 12.5. The quantitative estimate of drug-likeness (QED) is 0.755. The number of rotatable bonds is 8. The first-order valence-corrected chi connectivity index (χ1v) is 7.32. The van der Waals surface area contributed by atoms with Gasteiger partial charge < -0.3 is 16.4 Å². The van der Waals surface area contributed by atoms with Gasteiger partial charge >= 0.3 is 0 Å². The number of primary amides is 1. The summed E-state index contributed by atoms with van der Waals surface area (Å²) in [7, 11) is 0. The Balaban J connectivity index is 2.80. The summed E-state index contributed by atoms with van der Waals surface area (Å²) in [6, 6.07) is 9.09. The number of nitrogens with two attached hydrogens (primary N) is 2. The van der Waals surface area contributed by atoms with Crippen LogP contribution in [0.25, 0.3) is 0 Å². The zero-order valence-electron chi connectivity index (χ0n) is 12.8. The van der Waals surface area contributed by atoms with E-state index in [1.54, 1.807) is 4.90 Å². The van der Waals surface area contributed by atoms with Crippen molar-refractivity contribution in [3.63, 3.8) is 0 Å². The molecule has 1 rings (SSSR count). The molecule has 1 aromatic rings. The summed E-state index contributed by atoms with van der Waals surface area (Å²) in [6.45, 7) is 4.70. The number of nitrogens with zero attached hydrogens (tertiary/aromatic N) is 1. The van der Waals surface area contributed by atoms with E-state index in [1.807, 2.05) is 44.2 Å². The number of amides is 2. The topological polar surface area (TPSA) is 89.4 Å². The van der Waals surface area contributed by atoms with Crippen LogP contribution in [0.3, 0.4) is 0 Å². The highest BCUT2D eigenvalue weighted by atomic mass is 16.2. The second kappa shape index (κ2) is 8.42. The van der Waals surface area contributed by atoms with Gasteiger partial charge in [-0.1, -0.05) is 50.6 Å². The Labute approximate surface area is 126 Å². The van der Waals surface area contributed by atoms with Crippen LogP contribution in [0, 0.1) is 5.92 Å². The zero-order valence-corrected chi connectivity index (χ0v) is 12.8. The lowest BCUT2D eigenvalue weighted by molar-refractivity contribution is -0.134. The highest BCUT2D eigenvalue weighted by molar-refractivity contribution is 5.82. The molecule has 1 aromatic carbocycles. The second-order valence-electron chi connectivity index (χ2n) is 5.37. The van der Waals surface area contributed by atoms with Gasteiger partial charge in [-0.05, 0) is 11.5 Å². The van der Waals surface area contributed by atoms with Gasteiger partial charge in [-0.25, -0.2) is 0 Å². The van der Waals surface area contributed by atoms with E-state index in [-0.39, 0.29) is 18.2 Å². The molecule has 0 aromatic heterocycles. The first-order valence-electron chi connectivity index (χ1n) is 7.32. The smallest absolute Gasteiger partial charge is 0.240 e. The number of carbonyl (C=O) groups excluding carboxylic acids is 2. The second-order valence-corrected chi connectivity index (χ2v) is 5.37. The Morgan fingerprint density at radius 1 is 1.24 bits per heavy atom. The largest absolute Gasteiger partial charge is 0.370 e. The van der Waals surface area contributed by atoms with Crippen molar-refractivity contribution in [2.45, 2.75) is 39.3 Å². The van der Waals surface area contributed by atoms with Gasteiger partial charge in [0.05, 0.1) is 6.04 Å². The highest BCUT2D eigenvalue weighted by Crippen LogP contribution is 2.12. The van der Waals surface area contributed by atoms with Crippen molar-refractivity contribution >= 4 is 11.8 Å². The third-order valence-electron chi connectivity index (χ3n) is 3.70. The molecule has 4 N–H and O–H groups in total. The summed E-state index contributed by atoms with van der Waals surface area (Å²) in [5, 5.41) is 0. The van der Waals surface area contributed by atoms with Crippen LogP contribution in [-0.4, -0.2) is 29.3 Å². The van der Waals surface area contributed by atoms with Crippen LogP contribution in [0.15, 0.2) is 30.3 Å². The first kappa shape index (κ1) is 17.2. The number of benzene rings is 1. The summed E-state index contributed by atoms with van der Waals surface area (Å²) in [6.07, 6.45) is 0.980. The molecule has 5 heteroatoms. The molecule has 0 aliphatic heterocycles. The lowest BCUT2D eigenvalue weighted by Crippen LogP contribution is -2.47. The van der Waals surface area contributed by atoms with Gasteiger partial charge in [0.1, 0.15) is 0 Å². The fourth-order valence-electron chi connectivity index (χ4n) is 2.02. The Morgan fingerprint density at radius 3 is 2.38 bits per heavy atom. The standard InChI is InChI=1S/C16H25N3O2/c1-3-12(2)15(18)16(21)19(10-9-14(17)20)11-13-7-5-4-6-8-13/h4-8,12,15H,3,9-11,18H2,1-2H3,(H2,17,20)/t12?,15-/m0/s1. The predicted molar refractivity (Wildman–Crippen MR) is 83.1 cm³/mol. The van der Waals surface area contributed by atoms with E-state index in [0.717, 1.165) is 12.0 Å². The molecule has 2 amide bonds. The van der Waals surface area contributed by atoms with Crippen LogP contribution in [-0.2, 0) is 16.1 Å². The predicted octanol–water partition coefficient (Wildman–Crippen LogP) is 1.26. The third kappa shape index (κ3) is 5.55. The minimum absolute atomic E-state index is 0.101. The molecular formula is C16H25N3O2. The molecule has 0 fully saturated rings. The van der Waals surface area contributed by atoms with E-state index in [1.165, 1.54) is 0 Å². The SMILES string of the molecule is CCC(C)[C@H](N)C(=O)N(CCC(N)=O)Cc1ccccc1. The van der Waals surface area contributed by atoms with Gasteiger partial charge in [-0.15, -0.1) is 0 Å². The molecule has 0 bridgehead atoms. The molecule has 21 heavy (non-hydrogen) atoms. The van der Waals surface area contributed by atoms with Crippen LogP contribution in [0.4, 0.5) is 0 Å². The van der Waals surface area contributed by atoms with E-state index in [9.17, 15) is 9.59 Å². The van der Waals surface area contributed by atoms with Gasteiger partial charge in [0, 0.05) is 19.5 Å². The van der Waals surface area contributed by atoms with E-state index >= 15 is 0 Å². The molecular weight excluding hydrogens is 266 g/mol. The molecule has 0 saturated carbocycles. The summed E-state index contributed by atoms with van der Waals surface area (Å²) in [5.41, 5.74) is 12.2. The van der Waals surface area contributed by atoms with Crippen molar-refractivity contribution in [2.75, 3.05) is 6.54 Å². The Kier molecular flexibility index (Phi) is 6.88. The van der Waals surface area contributed by atoms with Crippen molar-refractivity contribution in [2.24, 2.45) is 17.4 Å². The number of hydrogen-bond donors (Lipinski definition) is 2. The molecule has 0 heterocycles. The van der Waals surface area contributed by atoms with Gasteiger partial charge in [0.15, 0.2) is 0 Å². The molecule has 0 aliphatic carbocycles. The molecule has 2 atom stereocenters. The Hall–Kier alpha value is -1.88. The Morgan fingerprint density at radius 2 is 1.86 bits per heavy atom. The zero-order chi connectivity index (χ0) is 15.8. The molecule has 0 saturated heterocycles. The average molecular weight is 291 g/mol. The molecule has 0 aliphatic rings. The summed E-state index contributed by atoms with van der Waals surface area (Å²) >= 11 is 0.